The first-order valence-corrected chi connectivity index (χ1v) is 6.12. The van der Waals surface area contributed by atoms with Gasteiger partial charge in [-0.15, -0.1) is 0 Å². The Kier molecular flexibility index (Phi) is 2.98. The molecule has 2 aromatic rings. The second-order valence-corrected chi connectivity index (χ2v) is 4.39. The predicted octanol–water partition coefficient (Wildman–Crippen LogP) is 2.67. The number of benzene rings is 2. The highest BCUT2D eigenvalue weighted by Gasteiger charge is 2.13. The van der Waals surface area contributed by atoms with Gasteiger partial charge in [0.2, 0.25) is 0 Å². The van der Waals surface area contributed by atoms with E-state index in [4.69, 9.17) is 15.7 Å². The Morgan fingerprint density at radius 3 is 3.00 bits per heavy atom. The van der Waals surface area contributed by atoms with E-state index in [9.17, 15) is 0 Å². The fraction of sp³-hybridized carbons (Fsp3) is 0.0667. The van der Waals surface area contributed by atoms with Crippen molar-refractivity contribution in [2.45, 2.75) is 0 Å². The molecule has 2 aromatic carbocycles. The monoisotopic (exact) mass is 264 g/mol. The number of nitriles is 1. The van der Waals surface area contributed by atoms with E-state index < -0.39 is 0 Å². The molecule has 0 unspecified atom stereocenters. The molecule has 0 fully saturated rings. The van der Waals surface area contributed by atoms with Gasteiger partial charge in [0.05, 0.1) is 11.6 Å². The Hall–Kier alpha value is -3.00. The van der Waals surface area contributed by atoms with Gasteiger partial charge in [0, 0.05) is 17.4 Å². The summed E-state index contributed by atoms with van der Waals surface area (Å²) in [6, 6.07) is 14.7. The second kappa shape index (κ2) is 4.94. The highest BCUT2D eigenvalue weighted by Crippen LogP contribution is 2.32. The molecule has 0 saturated heterocycles. The van der Waals surface area contributed by atoms with Crippen LogP contribution in [0.4, 0.5) is 17.1 Å². The van der Waals surface area contributed by atoms with Crippen molar-refractivity contribution in [2.24, 2.45) is 4.99 Å². The van der Waals surface area contributed by atoms with Crippen LogP contribution in [0.2, 0.25) is 0 Å². The maximum Gasteiger partial charge on any atom is 0.147 e. The minimum atomic E-state index is 0.341. The van der Waals surface area contributed by atoms with E-state index in [1.54, 1.807) is 24.3 Å². The van der Waals surface area contributed by atoms with E-state index in [2.05, 4.69) is 16.4 Å². The lowest BCUT2D eigenvalue weighted by atomic mass is 10.2. The summed E-state index contributed by atoms with van der Waals surface area (Å²) >= 11 is 0. The fourth-order valence-corrected chi connectivity index (χ4v) is 1.96. The molecule has 5 nitrogen and oxygen atoms in total. The van der Waals surface area contributed by atoms with Crippen LogP contribution in [0, 0.1) is 11.3 Å². The Bertz CT molecular complexity index is 731. The van der Waals surface area contributed by atoms with E-state index in [1.807, 2.05) is 18.2 Å². The van der Waals surface area contributed by atoms with Gasteiger partial charge in [-0.25, -0.2) is 4.99 Å². The maximum atomic E-state index is 8.88. The van der Waals surface area contributed by atoms with Crippen molar-refractivity contribution in [3.63, 3.8) is 0 Å². The van der Waals surface area contributed by atoms with Gasteiger partial charge in [0.15, 0.2) is 0 Å². The highest BCUT2D eigenvalue weighted by atomic mass is 16.5. The zero-order valence-corrected chi connectivity index (χ0v) is 10.6. The summed E-state index contributed by atoms with van der Waals surface area (Å²) in [6.45, 7) is 0.341. The second-order valence-electron chi connectivity index (χ2n) is 4.39. The van der Waals surface area contributed by atoms with Crippen molar-refractivity contribution in [1.82, 2.24) is 0 Å². The predicted molar refractivity (Wildman–Crippen MR) is 78.2 cm³/mol. The zero-order valence-electron chi connectivity index (χ0n) is 10.6. The summed E-state index contributed by atoms with van der Waals surface area (Å²) < 4.78 is 5.61. The SMILES string of the molecule is N#Cc1cccc(NC2=Nc3ccc(N)cc3OC2)c1. The van der Waals surface area contributed by atoms with Crippen molar-refractivity contribution >= 4 is 22.9 Å². The largest absolute Gasteiger partial charge is 0.483 e. The number of nitrogens with zero attached hydrogens (tertiary/aromatic N) is 2. The van der Waals surface area contributed by atoms with Crippen molar-refractivity contribution < 1.29 is 4.74 Å². The molecule has 5 heteroatoms. The van der Waals surface area contributed by atoms with Crippen LogP contribution in [0.1, 0.15) is 5.56 Å². The molecule has 0 saturated carbocycles. The summed E-state index contributed by atoms with van der Waals surface area (Å²) in [5.74, 6) is 1.37. The van der Waals surface area contributed by atoms with Crippen molar-refractivity contribution in [3.8, 4) is 11.8 Å². The summed E-state index contributed by atoms with van der Waals surface area (Å²) in [7, 11) is 0. The quantitative estimate of drug-likeness (QED) is 0.775. The average Bonchev–Trinajstić information content (AvgIpc) is 2.47. The van der Waals surface area contributed by atoms with Crippen molar-refractivity contribution in [2.75, 3.05) is 17.7 Å². The third kappa shape index (κ3) is 2.40. The minimum absolute atomic E-state index is 0.341. The van der Waals surface area contributed by atoms with E-state index >= 15 is 0 Å². The van der Waals surface area contributed by atoms with Crippen molar-refractivity contribution in [1.29, 1.82) is 5.26 Å². The molecule has 0 aliphatic carbocycles. The molecule has 0 atom stereocenters. The Morgan fingerprint density at radius 1 is 1.25 bits per heavy atom. The normalized spacial score (nSPS) is 12.7. The van der Waals surface area contributed by atoms with Gasteiger partial charge in [-0.05, 0) is 30.3 Å². The van der Waals surface area contributed by atoms with Crippen LogP contribution in [0.3, 0.4) is 0 Å². The van der Waals surface area contributed by atoms with Gasteiger partial charge in [-0.2, -0.15) is 5.26 Å². The van der Waals surface area contributed by atoms with Crippen LogP contribution >= 0.6 is 0 Å². The summed E-state index contributed by atoms with van der Waals surface area (Å²) in [5, 5.41) is 12.0. The molecule has 0 amide bonds. The number of amidine groups is 1. The molecule has 98 valence electrons. The first-order valence-electron chi connectivity index (χ1n) is 6.12. The molecule has 0 radical (unpaired) electrons. The Labute approximate surface area is 116 Å². The molecule has 1 aliphatic rings. The number of fused-ring (bicyclic) bond motifs is 1. The third-order valence-corrected chi connectivity index (χ3v) is 2.88. The van der Waals surface area contributed by atoms with E-state index in [0.29, 0.717) is 29.4 Å². The fourth-order valence-electron chi connectivity index (χ4n) is 1.96. The number of hydrogen-bond donors (Lipinski definition) is 2. The van der Waals surface area contributed by atoms with Gasteiger partial charge < -0.3 is 15.8 Å². The third-order valence-electron chi connectivity index (χ3n) is 2.88. The van der Waals surface area contributed by atoms with Crippen LogP contribution in [-0.4, -0.2) is 12.4 Å². The molecule has 0 bridgehead atoms. The average molecular weight is 264 g/mol. The number of hydrogen-bond acceptors (Lipinski definition) is 5. The van der Waals surface area contributed by atoms with Crippen LogP contribution in [0.25, 0.3) is 0 Å². The molecule has 3 rings (SSSR count). The lowest BCUT2D eigenvalue weighted by molar-refractivity contribution is 0.372. The first kappa shape index (κ1) is 12.1. The van der Waals surface area contributed by atoms with Gasteiger partial charge in [0.25, 0.3) is 0 Å². The molecule has 3 N–H and O–H groups in total. The topological polar surface area (TPSA) is 83.4 Å². The van der Waals surface area contributed by atoms with E-state index in [-0.39, 0.29) is 0 Å². The molecule has 20 heavy (non-hydrogen) atoms. The van der Waals surface area contributed by atoms with Gasteiger partial charge >= 0.3 is 0 Å². The lowest BCUT2D eigenvalue weighted by Crippen LogP contribution is -2.23. The van der Waals surface area contributed by atoms with Crippen LogP contribution in [0.5, 0.6) is 5.75 Å². The lowest BCUT2D eigenvalue weighted by Gasteiger charge is -2.18. The van der Waals surface area contributed by atoms with Crippen molar-refractivity contribution in [3.05, 3.63) is 48.0 Å². The Morgan fingerprint density at radius 2 is 2.15 bits per heavy atom. The Balaban J connectivity index is 1.85. The van der Waals surface area contributed by atoms with Gasteiger partial charge in [-0.1, -0.05) is 6.07 Å². The number of nitrogens with two attached hydrogens (primary N) is 1. The number of nitrogen functional groups attached to an aromatic ring is 1. The molecule has 1 heterocycles. The summed E-state index contributed by atoms with van der Waals surface area (Å²) in [4.78, 5) is 4.48. The molecule has 0 spiro atoms. The highest BCUT2D eigenvalue weighted by molar-refractivity contribution is 5.99. The smallest absolute Gasteiger partial charge is 0.147 e. The summed E-state index contributed by atoms with van der Waals surface area (Å²) in [5.41, 5.74) is 8.50. The van der Waals surface area contributed by atoms with E-state index in [1.165, 1.54) is 0 Å². The minimum Gasteiger partial charge on any atom is -0.483 e. The summed E-state index contributed by atoms with van der Waals surface area (Å²) in [6.07, 6.45) is 0. The maximum absolute atomic E-state index is 8.88. The standard InChI is InChI=1S/C15H12N4O/c16-8-10-2-1-3-12(6-10)18-15-9-20-14-7-11(17)4-5-13(14)19-15/h1-7H,9,17H2,(H,18,19). The molecule has 0 aromatic heterocycles. The molecular weight excluding hydrogens is 252 g/mol. The van der Waals surface area contributed by atoms with Crippen LogP contribution < -0.4 is 15.8 Å². The zero-order chi connectivity index (χ0) is 13.9. The number of nitrogens with one attached hydrogen (secondary N) is 1. The van der Waals surface area contributed by atoms with Crippen LogP contribution in [0.15, 0.2) is 47.5 Å². The molecule has 1 aliphatic heterocycles. The van der Waals surface area contributed by atoms with Gasteiger partial charge in [-0.3, -0.25) is 0 Å². The number of rotatable bonds is 1. The number of ether oxygens (including phenoxy) is 1. The van der Waals surface area contributed by atoms with Crippen LogP contribution in [-0.2, 0) is 0 Å². The van der Waals surface area contributed by atoms with E-state index in [0.717, 1.165) is 11.4 Å². The van der Waals surface area contributed by atoms with Gasteiger partial charge in [0.1, 0.15) is 23.9 Å². The number of aliphatic imine (C=N–C) groups is 1. The first-order chi connectivity index (χ1) is 9.74. The number of anilines is 2. The molecular formula is C15H12N4O.